The number of urea groups is 1. The van der Waals surface area contributed by atoms with Crippen molar-refractivity contribution in [2.24, 2.45) is 5.92 Å². The summed E-state index contributed by atoms with van der Waals surface area (Å²) in [6.45, 7) is 5.39. The van der Waals surface area contributed by atoms with Gasteiger partial charge in [0.1, 0.15) is 5.75 Å². The first-order valence-corrected chi connectivity index (χ1v) is 10.8. The van der Waals surface area contributed by atoms with Crippen molar-refractivity contribution in [2.75, 3.05) is 25.5 Å². The minimum atomic E-state index is -0.179. The lowest BCUT2D eigenvalue weighted by atomic mass is 9.91. The number of amides is 2. The summed E-state index contributed by atoms with van der Waals surface area (Å²) in [7, 11) is 1.52. The van der Waals surface area contributed by atoms with E-state index in [1.165, 1.54) is 12.7 Å². The number of benzene rings is 1. The zero-order chi connectivity index (χ0) is 23.2. The second-order valence-corrected chi connectivity index (χ2v) is 8.06. The molecule has 0 saturated carbocycles. The number of piperidine rings is 1. The average molecular weight is 446 g/mol. The molecule has 1 saturated heterocycles. The number of nitrogens with one attached hydrogen (secondary N) is 1. The molecule has 8 nitrogen and oxygen atoms in total. The van der Waals surface area contributed by atoms with E-state index in [1.807, 2.05) is 37.3 Å². The van der Waals surface area contributed by atoms with Crippen LogP contribution in [0.2, 0.25) is 0 Å². The molecule has 1 unspecified atom stereocenters. The molecule has 170 valence electrons. The quantitative estimate of drug-likeness (QED) is 0.598. The van der Waals surface area contributed by atoms with Crippen LogP contribution in [0.3, 0.4) is 0 Å². The van der Waals surface area contributed by atoms with Crippen molar-refractivity contribution in [3.05, 3.63) is 71.4 Å². The molecule has 8 heteroatoms. The van der Waals surface area contributed by atoms with Gasteiger partial charge < -0.3 is 14.4 Å². The Balaban J connectivity index is 1.37. The molecule has 0 spiro atoms. The van der Waals surface area contributed by atoms with Gasteiger partial charge in [-0.25, -0.2) is 9.78 Å². The number of hydrogen-bond acceptors (Lipinski definition) is 6. The fourth-order valence-electron chi connectivity index (χ4n) is 3.65. The normalized spacial score (nSPS) is 17.0. The minimum absolute atomic E-state index is 0.179. The number of hydrogen-bond donors (Lipinski definition) is 1. The lowest BCUT2D eigenvalue weighted by Gasteiger charge is -2.33. The van der Waals surface area contributed by atoms with Crippen LogP contribution in [0, 0.1) is 12.8 Å². The molecule has 0 bridgehead atoms. The van der Waals surface area contributed by atoms with Crippen LogP contribution in [0.4, 0.5) is 10.6 Å². The number of anilines is 1. The maximum Gasteiger partial charge on any atom is 0.323 e. The fourth-order valence-corrected chi connectivity index (χ4v) is 3.65. The second-order valence-electron chi connectivity index (χ2n) is 8.06. The molecule has 1 aliphatic rings. The number of carbonyl (C=O) groups is 1. The summed E-state index contributed by atoms with van der Waals surface area (Å²) in [5, 5.41) is 10.6. The molecule has 0 radical (unpaired) electrons. The molecular weight excluding hydrogens is 418 g/mol. The van der Waals surface area contributed by atoms with E-state index >= 15 is 0 Å². The van der Waals surface area contributed by atoms with Gasteiger partial charge in [0.25, 0.3) is 0 Å². The Bertz CT molecular complexity index is 1130. The lowest BCUT2D eigenvalue weighted by molar-refractivity contribution is 0.197. The molecule has 1 fully saturated rings. The van der Waals surface area contributed by atoms with Crippen LogP contribution >= 0.6 is 0 Å². The summed E-state index contributed by atoms with van der Waals surface area (Å²) in [5.41, 5.74) is 3.45. The second kappa shape index (κ2) is 10.1. The smallest absolute Gasteiger partial charge is 0.323 e. The molecule has 2 amide bonds. The first kappa shape index (κ1) is 22.3. The van der Waals surface area contributed by atoms with Crippen molar-refractivity contribution in [1.82, 2.24) is 20.1 Å². The Morgan fingerprint density at radius 1 is 1.15 bits per heavy atom. The third-order valence-electron chi connectivity index (χ3n) is 5.49. The minimum Gasteiger partial charge on any atom is -0.480 e. The number of nitrogens with zero attached hydrogens (tertiary/aromatic N) is 4. The maximum atomic E-state index is 12.6. The van der Waals surface area contributed by atoms with Crippen molar-refractivity contribution in [2.45, 2.75) is 20.3 Å². The number of aryl methyl sites for hydroxylation is 1. The van der Waals surface area contributed by atoms with E-state index in [0.717, 1.165) is 23.3 Å². The van der Waals surface area contributed by atoms with Crippen LogP contribution in [0.25, 0.3) is 6.08 Å². The Morgan fingerprint density at radius 2 is 2.00 bits per heavy atom. The van der Waals surface area contributed by atoms with Crippen molar-refractivity contribution in [3.63, 3.8) is 0 Å². The Hall–Kier alpha value is -3.94. The van der Waals surface area contributed by atoms with Crippen LogP contribution in [0.1, 0.15) is 24.5 Å². The zero-order valence-corrected chi connectivity index (χ0v) is 19.0. The molecule has 3 heterocycles. The van der Waals surface area contributed by atoms with Gasteiger partial charge in [-0.3, -0.25) is 5.32 Å². The van der Waals surface area contributed by atoms with Crippen LogP contribution in [0.15, 0.2) is 60.3 Å². The van der Waals surface area contributed by atoms with Crippen molar-refractivity contribution in [1.29, 1.82) is 0 Å². The number of carbonyl (C=O) groups excluding carboxylic acids is 1. The van der Waals surface area contributed by atoms with Gasteiger partial charge in [-0.05, 0) is 48.6 Å². The summed E-state index contributed by atoms with van der Waals surface area (Å²) in [6, 6.07) is 14.9. The van der Waals surface area contributed by atoms with Crippen LogP contribution in [-0.2, 0) is 0 Å². The monoisotopic (exact) mass is 445 g/mol. The van der Waals surface area contributed by atoms with Gasteiger partial charge in [-0.15, -0.1) is 10.2 Å². The summed E-state index contributed by atoms with van der Waals surface area (Å²) in [4.78, 5) is 18.7. The number of pyridine rings is 1. The highest BCUT2D eigenvalue weighted by atomic mass is 16.5. The first-order chi connectivity index (χ1) is 16.0. The molecule has 4 rings (SSSR count). The topological polar surface area (TPSA) is 89.5 Å². The predicted molar refractivity (Wildman–Crippen MR) is 126 cm³/mol. The number of ether oxygens (including phenoxy) is 2. The zero-order valence-electron chi connectivity index (χ0n) is 19.0. The van der Waals surface area contributed by atoms with Crippen LogP contribution in [-0.4, -0.2) is 46.3 Å². The number of methoxy groups -OCH3 is 1. The van der Waals surface area contributed by atoms with Crippen molar-refractivity contribution >= 4 is 17.9 Å². The van der Waals surface area contributed by atoms with Gasteiger partial charge >= 0.3 is 6.03 Å². The SMILES string of the molecule is COc1ccc(NC(=O)N2CCC(=Cc3cccc(Oc4ccc(C)cn4)c3)C(C)C2)nn1. The van der Waals surface area contributed by atoms with E-state index < -0.39 is 0 Å². The molecule has 0 aliphatic carbocycles. The van der Waals surface area contributed by atoms with Gasteiger partial charge in [0, 0.05) is 31.4 Å². The summed E-state index contributed by atoms with van der Waals surface area (Å²) >= 11 is 0. The molecular formula is C25H27N5O3. The van der Waals surface area contributed by atoms with Crippen LogP contribution in [0.5, 0.6) is 17.5 Å². The van der Waals surface area contributed by atoms with Gasteiger partial charge in [0.15, 0.2) is 5.82 Å². The van der Waals surface area contributed by atoms with E-state index in [-0.39, 0.29) is 11.9 Å². The fraction of sp³-hybridized carbons (Fsp3) is 0.280. The van der Waals surface area contributed by atoms with Gasteiger partial charge in [-0.2, -0.15) is 0 Å². The predicted octanol–water partition coefficient (Wildman–Crippen LogP) is 4.94. The van der Waals surface area contributed by atoms with Crippen LogP contribution < -0.4 is 14.8 Å². The highest BCUT2D eigenvalue weighted by Crippen LogP contribution is 2.27. The highest BCUT2D eigenvalue weighted by Gasteiger charge is 2.24. The molecule has 3 aromatic rings. The third-order valence-corrected chi connectivity index (χ3v) is 5.49. The summed E-state index contributed by atoms with van der Waals surface area (Å²) in [6.07, 6.45) is 4.77. The van der Waals surface area contributed by atoms with Gasteiger partial charge in [0.05, 0.1) is 7.11 Å². The lowest BCUT2D eigenvalue weighted by Crippen LogP contribution is -2.42. The van der Waals surface area contributed by atoms with E-state index in [9.17, 15) is 4.79 Å². The Kier molecular flexibility index (Phi) is 6.83. The number of likely N-dealkylation sites (tertiary alicyclic amines) is 1. The summed E-state index contributed by atoms with van der Waals surface area (Å²) < 4.78 is 10.9. The Morgan fingerprint density at radius 3 is 2.70 bits per heavy atom. The molecule has 1 atom stereocenters. The van der Waals surface area contributed by atoms with E-state index in [2.05, 4.69) is 39.6 Å². The van der Waals surface area contributed by atoms with E-state index in [1.54, 1.807) is 23.2 Å². The number of rotatable bonds is 5. The molecule has 1 N–H and O–H groups in total. The average Bonchev–Trinajstić information content (AvgIpc) is 2.82. The largest absolute Gasteiger partial charge is 0.480 e. The Labute approximate surface area is 193 Å². The van der Waals surface area contributed by atoms with E-state index in [4.69, 9.17) is 9.47 Å². The standard InChI is InChI=1S/C25H27N5O3/c1-17-7-9-23(26-15-17)33-21-6-4-5-19(14-21)13-20-11-12-30(16-18(20)2)25(31)27-22-8-10-24(32-3)29-28-22/h4-10,13-15,18H,11-12,16H2,1-3H3,(H,27,28,31). The van der Waals surface area contributed by atoms with Crippen molar-refractivity contribution < 1.29 is 14.3 Å². The molecule has 1 aliphatic heterocycles. The van der Waals surface area contributed by atoms with Gasteiger partial charge in [-0.1, -0.05) is 36.8 Å². The van der Waals surface area contributed by atoms with Gasteiger partial charge in [0.2, 0.25) is 11.8 Å². The summed E-state index contributed by atoms with van der Waals surface area (Å²) in [5.74, 6) is 2.34. The number of aromatic nitrogens is 3. The highest BCUT2D eigenvalue weighted by molar-refractivity contribution is 5.88. The third kappa shape index (κ3) is 5.85. The maximum absolute atomic E-state index is 12.6. The molecule has 2 aromatic heterocycles. The van der Waals surface area contributed by atoms with E-state index in [0.29, 0.717) is 30.7 Å². The van der Waals surface area contributed by atoms with Crippen molar-refractivity contribution in [3.8, 4) is 17.5 Å². The first-order valence-electron chi connectivity index (χ1n) is 10.8. The molecule has 1 aromatic carbocycles. The molecule has 33 heavy (non-hydrogen) atoms.